The predicted molar refractivity (Wildman–Crippen MR) is 81.4 cm³/mol. The lowest BCUT2D eigenvalue weighted by Crippen LogP contribution is -2.52. The van der Waals surface area contributed by atoms with E-state index >= 15 is 0 Å². The number of Topliss-reactive ketones (excluding diaryl/α,β-unsaturated/α-hetero) is 2. The Morgan fingerprint density at radius 3 is 1.70 bits per heavy atom. The van der Waals surface area contributed by atoms with E-state index in [0.29, 0.717) is 18.9 Å². The lowest BCUT2D eigenvalue weighted by atomic mass is 10.2. The molecule has 120 valence electrons. The largest absolute Gasteiger partial charge is 0.444 e. The van der Waals surface area contributed by atoms with Crippen LogP contribution in [0.2, 0.25) is 0 Å². The van der Waals surface area contributed by atoms with Gasteiger partial charge in [0.25, 0.3) is 0 Å². The molecule has 0 bridgehead atoms. The number of nitrogens with one attached hydrogen (secondary N) is 1. The van der Waals surface area contributed by atoms with Crippen LogP contribution in [0.3, 0.4) is 0 Å². The summed E-state index contributed by atoms with van der Waals surface area (Å²) in [5.41, 5.74) is -0.476. The lowest BCUT2D eigenvalue weighted by molar-refractivity contribution is -0.128. The normalized spacial score (nSPS) is 15.8. The maximum Gasteiger partial charge on any atom is 0.411 e. The van der Waals surface area contributed by atoms with E-state index in [1.807, 2.05) is 0 Å². The predicted octanol–water partition coefficient (Wildman–Crippen LogP) is 1.66. The van der Waals surface area contributed by atoms with Gasteiger partial charge >= 0.3 is 6.09 Å². The molecule has 2 aliphatic rings. The third-order valence-electron chi connectivity index (χ3n) is 2.03. The first-order valence-corrected chi connectivity index (χ1v) is 5.50. The second-order valence-electron chi connectivity index (χ2n) is 5.02. The SMILES string of the molecule is C.C.CC(C)(C)OC(=O)N1CC(=O)C1.Cl.O=C1CNC1. The molecule has 2 rings (SSSR count). The number of likely N-dealkylation sites (tertiary alicyclic amines) is 1. The van der Waals surface area contributed by atoms with Gasteiger partial charge in [0, 0.05) is 0 Å². The Hall–Kier alpha value is -1.14. The van der Waals surface area contributed by atoms with Gasteiger partial charge < -0.3 is 10.1 Å². The fourth-order valence-corrected chi connectivity index (χ4v) is 1.06. The van der Waals surface area contributed by atoms with Crippen LogP contribution in [0, 0.1) is 0 Å². The number of nitrogens with zero attached hydrogens (tertiary/aromatic N) is 1. The van der Waals surface area contributed by atoms with Crippen LogP contribution in [-0.2, 0) is 14.3 Å². The molecular formula is C13H27ClN2O4. The fraction of sp³-hybridized carbons (Fsp3) is 0.769. The molecule has 1 N–H and O–H groups in total. The van der Waals surface area contributed by atoms with Crippen LogP contribution in [0.4, 0.5) is 4.79 Å². The van der Waals surface area contributed by atoms with E-state index in [1.54, 1.807) is 20.8 Å². The molecule has 0 aromatic carbocycles. The first-order chi connectivity index (χ1) is 7.78. The van der Waals surface area contributed by atoms with Crippen molar-refractivity contribution in [3.63, 3.8) is 0 Å². The second kappa shape index (κ2) is 9.72. The number of ether oxygens (including phenoxy) is 1. The molecule has 20 heavy (non-hydrogen) atoms. The Kier molecular flexibility index (Phi) is 11.6. The monoisotopic (exact) mass is 310 g/mol. The zero-order chi connectivity index (χ0) is 13.1. The molecule has 6 nitrogen and oxygen atoms in total. The summed E-state index contributed by atoms with van der Waals surface area (Å²) in [5.74, 6) is 0.408. The van der Waals surface area contributed by atoms with Crippen molar-refractivity contribution in [1.29, 1.82) is 0 Å². The first kappa shape index (κ1) is 23.9. The quantitative estimate of drug-likeness (QED) is 0.736. The zero-order valence-corrected chi connectivity index (χ0v) is 11.6. The van der Waals surface area contributed by atoms with Crippen LogP contribution in [0.1, 0.15) is 35.6 Å². The van der Waals surface area contributed by atoms with Crippen LogP contribution in [0.15, 0.2) is 0 Å². The van der Waals surface area contributed by atoms with E-state index in [-0.39, 0.29) is 46.1 Å². The van der Waals surface area contributed by atoms with Crippen molar-refractivity contribution in [2.75, 3.05) is 26.2 Å². The van der Waals surface area contributed by atoms with Gasteiger partial charge in [-0.05, 0) is 20.8 Å². The van der Waals surface area contributed by atoms with Gasteiger partial charge in [0.2, 0.25) is 0 Å². The minimum atomic E-state index is -0.476. The highest BCUT2D eigenvalue weighted by molar-refractivity contribution is 5.94. The smallest absolute Gasteiger partial charge is 0.411 e. The number of carbonyl (C=O) groups excluding carboxylic acids is 3. The molecule has 2 fully saturated rings. The summed E-state index contributed by atoms with van der Waals surface area (Å²) in [7, 11) is 0. The van der Waals surface area contributed by atoms with Crippen LogP contribution in [-0.4, -0.2) is 54.3 Å². The molecule has 0 unspecified atom stereocenters. The van der Waals surface area contributed by atoms with Crippen molar-refractivity contribution in [3.8, 4) is 0 Å². The molecule has 0 radical (unpaired) electrons. The average molecular weight is 311 g/mol. The van der Waals surface area contributed by atoms with Gasteiger partial charge in [-0.2, -0.15) is 0 Å². The summed E-state index contributed by atoms with van der Waals surface area (Å²) in [6, 6.07) is 0. The van der Waals surface area contributed by atoms with Crippen LogP contribution in [0.5, 0.6) is 0 Å². The highest BCUT2D eigenvalue weighted by atomic mass is 35.5. The Bertz CT molecular complexity index is 326. The minimum Gasteiger partial charge on any atom is -0.444 e. The highest BCUT2D eigenvalue weighted by Crippen LogP contribution is 2.12. The van der Waals surface area contributed by atoms with Crippen molar-refractivity contribution in [2.45, 2.75) is 41.2 Å². The summed E-state index contributed by atoms with van der Waals surface area (Å²) in [4.78, 5) is 32.9. The summed E-state index contributed by atoms with van der Waals surface area (Å²) in [5, 5.41) is 2.81. The van der Waals surface area contributed by atoms with Gasteiger partial charge in [-0.15, -0.1) is 12.4 Å². The van der Waals surface area contributed by atoms with E-state index < -0.39 is 11.7 Å². The average Bonchev–Trinajstić information content (AvgIpc) is 2.07. The number of hydrogen-bond acceptors (Lipinski definition) is 5. The van der Waals surface area contributed by atoms with Crippen molar-refractivity contribution in [1.82, 2.24) is 10.2 Å². The number of amides is 1. The maximum atomic E-state index is 11.1. The third-order valence-corrected chi connectivity index (χ3v) is 2.03. The Morgan fingerprint density at radius 1 is 1.10 bits per heavy atom. The van der Waals surface area contributed by atoms with Crippen LogP contribution in [0.25, 0.3) is 0 Å². The van der Waals surface area contributed by atoms with Gasteiger partial charge in [0.05, 0.1) is 26.2 Å². The first-order valence-electron chi connectivity index (χ1n) is 5.50. The number of ketones is 2. The van der Waals surface area contributed by atoms with Crippen molar-refractivity contribution < 1.29 is 19.1 Å². The molecule has 0 aromatic heterocycles. The summed E-state index contributed by atoms with van der Waals surface area (Å²) < 4.78 is 5.02. The van der Waals surface area contributed by atoms with Crippen molar-refractivity contribution in [3.05, 3.63) is 0 Å². The summed E-state index contributed by atoms with van der Waals surface area (Å²) in [6.07, 6.45) is -0.401. The maximum absolute atomic E-state index is 11.1. The molecule has 2 aliphatic heterocycles. The van der Waals surface area contributed by atoms with Gasteiger partial charge in [-0.3, -0.25) is 14.5 Å². The van der Waals surface area contributed by atoms with Gasteiger partial charge in [-0.25, -0.2) is 4.79 Å². The zero-order valence-electron chi connectivity index (χ0n) is 10.8. The number of carbonyl (C=O) groups is 3. The third kappa shape index (κ3) is 8.87. The standard InChI is InChI=1S/C8H13NO3.C3H5NO.2CH4.ClH/c1-8(2,3)12-7(11)9-4-6(10)5-9;5-3-1-4-2-3;;;/h4-5H2,1-3H3;4H,1-2H2;2*1H4;1H. The second-order valence-corrected chi connectivity index (χ2v) is 5.02. The summed E-state index contributed by atoms with van der Waals surface area (Å²) in [6.45, 7) is 7.00. The number of halogens is 1. The van der Waals surface area contributed by atoms with E-state index in [1.165, 1.54) is 4.90 Å². The van der Waals surface area contributed by atoms with Crippen molar-refractivity contribution in [2.24, 2.45) is 0 Å². The molecule has 0 aromatic rings. The lowest BCUT2D eigenvalue weighted by Gasteiger charge is -2.31. The van der Waals surface area contributed by atoms with Crippen molar-refractivity contribution >= 4 is 30.1 Å². The van der Waals surface area contributed by atoms with Gasteiger partial charge in [-0.1, -0.05) is 14.9 Å². The van der Waals surface area contributed by atoms with E-state index in [9.17, 15) is 14.4 Å². The van der Waals surface area contributed by atoms with Gasteiger partial charge in [0.15, 0.2) is 11.6 Å². The molecule has 0 aliphatic carbocycles. The molecule has 1 amide bonds. The van der Waals surface area contributed by atoms with Gasteiger partial charge in [0.1, 0.15) is 5.60 Å². The van der Waals surface area contributed by atoms with E-state index in [0.717, 1.165) is 0 Å². The number of hydrogen-bond donors (Lipinski definition) is 1. The topological polar surface area (TPSA) is 75.7 Å². The molecule has 2 heterocycles. The Labute approximate surface area is 127 Å². The fourth-order valence-electron chi connectivity index (χ4n) is 1.06. The Balaban J connectivity index is -0.000000312. The molecule has 0 saturated carbocycles. The highest BCUT2D eigenvalue weighted by Gasteiger charge is 2.31. The molecule has 0 spiro atoms. The molecule has 7 heteroatoms. The van der Waals surface area contributed by atoms with Crippen LogP contribution >= 0.6 is 12.4 Å². The van der Waals surface area contributed by atoms with Crippen LogP contribution < -0.4 is 5.32 Å². The molecule has 2 saturated heterocycles. The Morgan fingerprint density at radius 2 is 1.50 bits per heavy atom. The number of rotatable bonds is 0. The molecular weight excluding hydrogens is 284 g/mol. The minimum absolute atomic E-state index is 0. The summed E-state index contributed by atoms with van der Waals surface area (Å²) >= 11 is 0. The molecule has 0 atom stereocenters. The van der Waals surface area contributed by atoms with E-state index in [2.05, 4.69) is 5.32 Å². The van der Waals surface area contributed by atoms with E-state index in [4.69, 9.17) is 4.74 Å².